The van der Waals surface area contributed by atoms with E-state index in [2.05, 4.69) is 15.3 Å². The monoisotopic (exact) mass is 305 g/mol. The molecular formula is C18H15N3O2. The number of nitrogens with one attached hydrogen (secondary N) is 2. The number of anilines is 1. The number of aromatic amines is 1. The lowest BCUT2D eigenvalue weighted by molar-refractivity contribution is -0.114. The molecule has 1 aromatic carbocycles. The van der Waals surface area contributed by atoms with Crippen molar-refractivity contribution in [1.82, 2.24) is 9.97 Å². The van der Waals surface area contributed by atoms with E-state index in [0.717, 1.165) is 16.5 Å². The number of amides is 1. The first-order valence-electron chi connectivity index (χ1n) is 7.15. The minimum Gasteiger partial charge on any atom is -0.344 e. The Morgan fingerprint density at radius 3 is 2.65 bits per heavy atom. The summed E-state index contributed by atoms with van der Waals surface area (Å²) in [7, 11) is 0. The van der Waals surface area contributed by atoms with Gasteiger partial charge < -0.3 is 10.3 Å². The van der Waals surface area contributed by atoms with Crippen LogP contribution < -0.4 is 5.32 Å². The van der Waals surface area contributed by atoms with Crippen LogP contribution in [0.5, 0.6) is 0 Å². The van der Waals surface area contributed by atoms with Crippen LogP contribution in [-0.2, 0) is 9.59 Å². The Labute approximate surface area is 133 Å². The Bertz CT molecular complexity index is 895. The molecule has 0 atom stereocenters. The molecule has 0 spiro atoms. The van der Waals surface area contributed by atoms with Crippen molar-refractivity contribution in [3.05, 3.63) is 60.9 Å². The molecule has 5 heteroatoms. The van der Waals surface area contributed by atoms with Crippen LogP contribution in [0.2, 0.25) is 0 Å². The van der Waals surface area contributed by atoms with E-state index in [1.165, 1.54) is 19.1 Å². The van der Waals surface area contributed by atoms with Gasteiger partial charge in [0.05, 0.1) is 5.69 Å². The zero-order valence-corrected chi connectivity index (χ0v) is 12.5. The first-order valence-corrected chi connectivity index (χ1v) is 7.15. The van der Waals surface area contributed by atoms with E-state index in [-0.39, 0.29) is 11.7 Å². The van der Waals surface area contributed by atoms with Crippen LogP contribution in [0, 0.1) is 0 Å². The first kappa shape index (κ1) is 14.7. The predicted octanol–water partition coefficient (Wildman–Crippen LogP) is 3.31. The summed E-state index contributed by atoms with van der Waals surface area (Å²) in [6.45, 7) is 1.39. The molecular weight excluding hydrogens is 290 g/mol. The number of benzene rings is 1. The number of nitrogens with zero attached hydrogens (tertiary/aromatic N) is 1. The van der Waals surface area contributed by atoms with Crippen molar-refractivity contribution < 1.29 is 9.59 Å². The van der Waals surface area contributed by atoms with Crippen LogP contribution >= 0.6 is 0 Å². The van der Waals surface area contributed by atoms with E-state index in [4.69, 9.17) is 0 Å². The van der Waals surface area contributed by atoms with Gasteiger partial charge in [-0.3, -0.25) is 9.59 Å². The molecule has 0 unspecified atom stereocenters. The van der Waals surface area contributed by atoms with E-state index >= 15 is 0 Å². The quantitative estimate of drug-likeness (QED) is 0.726. The third kappa shape index (κ3) is 3.35. The first-order chi connectivity index (χ1) is 11.1. The van der Waals surface area contributed by atoms with Gasteiger partial charge in [0, 0.05) is 29.4 Å². The number of fused-ring (bicyclic) bond motifs is 1. The fraction of sp³-hybridized carbons (Fsp3) is 0.0556. The Morgan fingerprint density at radius 1 is 1.13 bits per heavy atom. The number of ketones is 1. The minimum atomic E-state index is -0.355. The van der Waals surface area contributed by atoms with Crippen LogP contribution in [0.4, 0.5) is 5.69 Å². The van der Waals surface area contributed by atoms with E-state index < -0.39 is 0 Å². The highest BCUT2D eigenvalue weighted by Crippen LogP contribution is 2.27. The maximum Gasteiger partial charge on any atom is 0.248 e. The number of hydrogen-bond acceptors (Lipinski definition) is 3. The Kier molecular flexibility index (Phi) is 4.01. The molecule has 2 aromatic heterocycles. The summed E-state index contributed by atoms with van der Waals surface area (Å²) in [5.41, 5.74) is 3.34. The number of carbonyl (C=O) groups excluding carboxylic acids is 2. The molecule has 1 amide bonds. The molecule has 0 fully saturated rings. The summed E-state index contributed by atoms with van der Waals surface area (Å²) in [4.78, 5) is 30.1. The highest BCUT2D eigenvalue weighted by molar-refractivity contribution is 6.07. The lowest BCUT2D eigenvalue weighted by Crippen LogP contribution is -2.07. The van der Waals surface area contributed by atoms with Gasteiger partial charge in [-0.2, -0.15) is 0 Å². The van der Waals surface area contributed by atoms with Gasteiger partial charge in [-0.15, -0.1) is 0 Å². The fourth-order valence-electron chi connectivity index (χ4n) is 2.26. The molecule has 0 aliphatic heterocycles. The van der Waals surface area contributed by atoms with Crippen LogP contribution in [0.1, 0.15) is 6.92 Å². The van der Waals surface area contributed by atoms with Gasteiger partial charge in [0.25, 0.3) is 0 Å². The summed E-state index contributed by atoms with van der Waals surface area (Å²) < 4.78 is 0. The summed E-state index contributed by atoms with van der Waals surface area (Å²) in [5, 5.41) is 3.57. The topological polar surface area (TPSA) is 74.8 Å². The molecule has 23 heavy (non-hydrogen) atoms. The fourth-order valence-corrected chi connectivity index (χ4v) is 2.26. The van der Waals surface area contributed by atoms with Gasteiger partial charge in [0.2, 0.25) is 5.91 Å². The van der Waals surface area contributed by atoms with Crippen LogP contribution in [0.25, 0.3) is 22.2 Å². The van der Waals surface area contributed by atoms with Gasteiger partial charge in [-0.25, -0.2) is 4.98 Å². The highest BCUT2D eigenvalue weighted by Gasteiger charge is 2.08. The molecule has 0 aliphatic carbocycles. The zero-order chi connectivity index (χ0) is 16.2. The molecule has 2 heterocycles. The number of carbonyl (C=O) groups is 2. The molecule has 0 saturated heterocycles. The third-order valence-electron chi connectivity index (χ3n) is 3.37. The van der Waals surface area contributed by atoms with Crippen molar-refractivity contribution in [1.29, 1.82) is 0 Å². The summed E-state index contributed by atoms with van der Waals surface area (Å²) in [5.74, 6) is -0.529. The Hall–Kier alpha value is -3.21. The molecule has 5 nitrogen and oxygen atoms in total. The number of H-pyrrole nitrogens is 1. The second-order valence-corrected chi connectivity index (χ2v) is 5.12. The van der Waals surface area contributed by atoms with Gasteiger partial charge in [0.1, 0.15) is 5.65 Å². The second-order valence-electron chi connectivity index (χ2n) is 5.12. The zero-order valence-electron chi connectivity index (χ0n) is 12.5. The largest absolute Gasteiger partial charge is 0.344 e. The Morgan fingerprint density at radius 2 is 1.91 bits per heavy atom. The van der Waals surface area contributed by atoms with E-state index in [1.54, 1.807) is 12.4 Å². The summed E-state index contributed by atoms with van der Waals surface area (Å²) in [6.07, 6.45) is 5.93. The predicted molar refractivity (Wildman–Crippen MR) is 90.0 cm³/mol. The average Bonchev–Trinajstić information content (AvgIpc) is 2.96. The van der Waals surface area contributed by atoms with Gasteiger partial charge >= 0.3 is 0 Å². The van der Waals surface area contributed by atoms with Crippen LogP contribution in [0.3, 0.4) is 0 Å². The highest BCUT2D eigenvalue weighted by atomic mass is 16.1. The van der Waals surface area contributed by atoms with Crippen molar-refractivity contribution in [2.45, 2.75) is 6.92 Å². The van der Waals surface area contributed by atoms with Crippen molar-refractivity contribution in [2.75, 3.05) is 5.32 Å². The lowest BCUT2D eigenvalue weighted by Gasteiger charge is -2.03. The van der Waals surface area contributed by atoms with Crippen LogP contribution in [0.15, 0.2) is 60.9 Å². The second kappa shape index (κ2) is 6.27. The number of pyridine rings is 1. The van der Waals surface area contributed by atoms with Crippen molar-refractivity contribution in [2.24, 2.45) is 0 Å². The van der Waals surface area contributed by atoms with Crippen LogP contribution in [-0.4, -0.2) is 21.7 Å². The van der Waals surface area contributed by atoms with E-state index in [9.17, 15) is 9.59 Å². The Balaban J connectivity index is 1.93. The van der Waals surface area contributed by atoms with Crippen molar-refractivity contribution in [3.8, 4) is 11.1 Å². The van der Waals surface area contributed by atoms with Crippen molar-refractivity contribution >= 4 is 28.4 Å². The summed E-state index contributed by atoms with van der Waals surface area (Å²) in [6, 6.07) is 11.9. The number of rotatable bonds is 4. The molecule has 0 radical (unpaired) electrons. The smallest absolute Gasteiger partial charge is 0.248 e. The number of hydrogen-bond donors (Lipinski definition) is 2. The van der Waals surface area contributed by atoms with Gasteiger partial charge in [-0.05, 0) is 24.6 Å². The molecule has 0 bridgehead atoms. The van der Waals surface area contributed by atoms with E-state index in [1.807, 2.05) is 36.4 Å². The molecule has 3 rings (SSSR count). The number of aromatic nitrogens is 2. The lowest BCUT2D eigenvalue weighted by atomic mass is 10.1. The average molecular weight is 305 g/mol. The van der Waals surface area contributed by atoms with Gasteiger partial charge in [-0.1, -0.05) is 30.3 Å². The third-order valence-corrected chi connectivity index (χ3v) is 3.37. The molecule has 0 saturated carbocycles. The summed E-state index contributed by atoms with van der Waals surface area (Å²) >= 11 is 0. The van der Waals surface area contributed by atoms with Gasteiger partial charge in [0.15, 0.2) is 5.78 Å². The molecule has 3 aromatic rings. The molecule has 2 N–H and O–H groups in total. The standard InChI is InChI=1S/C18H15N3O2/c1-12(22)7-8-17(23)21-16-11-20-18-15(16)9-14(10-19-18)13-5-3-2-4-6-13/h2-11H,1H3,(H,19,20)(H,21,23). The maximum atomic E-state index is 11.8. The molecule has 0 aliphatic rings. The maximum absolute atomic E-state index is 11.8. The molecule has 114 valence electrons. The SMILES string of the molecule is CC(=O)C=CC(=O)Nc1c[nH]c2ncc(-c3ccccc3)cc12. The number of allylic oxidation sites excluding steroid dienone is 1. The van der Waals surface area contributed by atoms with E-state index in [0.29, 0.717) is 11.3 Å². The van der Waals surface area contributed by atoms with Crippen molar-refractivity contribution in [3.63, 3.8) is 0 Å². The minimum absolute atomic E-state index is 0.174. The normalized spacial score (nSPS) is 11.0.